The highest BCUT2D eigenvalue weighted by Crippen LogP contribution is 2.09. The molecule has 0 aromatic heterocycles. The molecule has 1 fully saturated rings. The third kappa shape index (κ3) is 2.35. The Morgan fingerprint density at radius 3 is 3.00 bits per heavy atom. The van der Waals surface area contributed by atoms with E-state index in [0.29, 0.717) is 6.54 Å². The summed E-state index contributed by atoms with van der Waals surface area (Å²) in [5.74, 6) is 0.00866. The van der Waals surface area contributed by atoms with Crippen LogP contribution < -0.4 is 5.32 Å². The maximum absolute atomic E-state index is 11.0. The van der Waals surface area contributed by atoms with E-state index in [1.807, 2.05) is 19.1 Å². The van der Waals surface area contributed by atoms with Gasteiger partial charge < -0.3 is 10.1 Å². The van der Waals surface area contributed by atoms with Gasteiger partial charge in [-0.25, -0.2) is 0 Å². The van der Waals surface area contributed by atoms with Crippen molar-refractivity contribution in [2.75, 3.05) is 13.2 Å². The van der Waals surface area contributed by atoms with Crippen LogP contribution in [0.15, 0.2) is 12.2 Å². The lowest BCUT2D eigenvalue weighted by Gasteiger charge is -2.24. The molecule has 1 amide bonds. The van der Waals surface area contributed by atoms with Gasteiger partial charge in [0.05, 0.1) is 6.61 Å². The van der Waals surface area contributed by atoms with Crippen LogP contribution in [0, 0.1) is 0 Å². The number of rotatable bonds is 3. The van der Waals surface area contributed by atoms with Crippen LogP contribution in [0.5, 0.6) is 0 Å². The first-order valence-electron chi connectivity index (χ1n) is 3.85. The van der Waals surface area contributed by atoms with Gasteiger partial charge in [-0.3, -0.25) is 4.79 Å². The predicted octanol–water partition coefficient (Wildman–Crippen LogP) is 0.468. The molecule has 62 valence electrons. The minimum absolute atomic E-state index is 0.00866. The van der Waals surface area contributed by atoms with Crippen LogP contribution in [-0.2, 0) is 9.53 Å². The van der Waals surface area contributed by atoms with Crippen LogP contribution in [0.4, 0.5) is 0 Å². The van der Waals surface area contributed by atoms with Gasteiger partial charge in [-0.05, 0) is 6.92 Å². The molecule has 0 radical (unpaired) electrons. The molecule has 1 heterocycles. The Morgan fingerprint density at radius 2 is 2.55 bits per heavy atom. The zero-order valence-electron chi connectivity index (χ0n) is 6.67. The molecule has 0 bridgehead atoms. The van der Waals surface area contributed by atoms with Crippen molar-refractivity contribution in [2.45, 2.75) is 19.4 Å². The number of amides is 1. The summed E-state index contributed by atoms with van der Waals surface area (Å²) in [6.07, 6.45) is 4.49. The minimum atomic E-state index is -0.180. The summed E-state index contributed by atoms with van der Waals surface area (Å²) in [5.41, 5.74) is 0. The second-order valence-corrected chi connectivity index (χ2v) is 2.46. The Bertz CT molecular complexity index is 161. The molecule has 3 heteroatoms. The van der Waals surface area contributed by atoms with E-state index in [1.54, 1.807) is 0 Å². The second-order valence-electron chi connectivity index (χ2n) is 2.46. The van der Waals surface area contributed by atoms with Crippen molar-refractivity contribution in [1.29, 1.82) is 0 Å². The zero-order chi connectivity index (χ0) is 8.10. The Kier molecular flexibility index (Phi) is 3.11. The van der Waals surface area contributed by atoms with Gasteiger partial charge in [0.25, 0.3) is 0 Å². The van der Waals surface area contributed by atoms with Gasteiger partial charge in [0.1, 0.15) is 6.10 Å². The number of carbonyl (C=O) groups is 1. The van der Waals surface area contributed by atoms with E-state index in [1.165, 1.54) is 0 Å². The highest BCUT2D eigenvalue weighted by molar-refractivity contribution is 5.81. The average molecular weight is 155 g/mol. The number of carbonyl (C=O) groups excluding carboxylic acids is 1. The van der Waals surface area contributed by atoms with E-state index in [0.717, 1.165) is 13.0 Å². The van der Waals surface area contributed by atoms with Crippen molar-refractivity contribution in [3.63, 3.8) is 0 Å². The van der Waals surface area contributed by atoms with E-state index < -0.39 is 0 Å². The fraction of sp³-hybridized carbons (Fsp3) is 0.625. The molecule has 3 nitrogen and oxygen atoms in total. The van der Waals surface area contributed by atoms with Crippen LogP contribution in [-0.4, -0.2) is 25.2 Å². The van der Waals surface area contributed by atoms with Gasteiger partial charge in [-0.1, -0.05) is 12.2 Å². The number of allylic oxidation sites excluding steroid dienone is 1. The van der Waals surface area contributed by atoms with Gasteiger partial charge in [-0.2, -0.15) is 0 Å². The van der Waals surface area contributed by atoms with Crippen molar-refractivity contribution in [2.24, 2.45) is 0 Å². The first-order valence-corrected chi connectivity index (χ1v) is 3.85. The first-order chi connectivity index (χ1) is 5.34. The molecule has 0 saturated carbocycles. The third-order valence-electron chi connectivity index (χ3n) is 1.62. The van der Waals surface area contributed by atoms with Crippen LogP contribution >= 0.6 is 0 Å². The fourth-order valence-corrected chi connectivity index (χ4v) is 0.834. The Hall–Kier alpha value is -0.830. The van der Waals surface area contributed by atoms with Crippen LogP contribution in [0.25, 0.3) is 0 Å². The Balaban J connectivity index is 2.10. The molecule has 1 aliphatic rings. The molecule has 0 spiro atoms. The highest BCUT2D eigenvalue weighted by atomic mass is 16.5. The van der Waals surface area contributed by atoms with Gasteiger partial charge in [0, 0.05) is 13.0 Å². The van der Waals surface area contributed by atoms with Crippen molar-refractivity contribution in [3.05, 3.63) is 12.2 Å². The molecular formula is C8H13NO2. The van der Waals surface area contributed by atoms with Crippen molar-refractivity contribution < 1.29 is 9.53 Å². The molecule has 0 aromatic rings. The standard InChI is InChI=1S/C8H13NO2/c1-2-3-5-9-8(10)7-4-6-11-7/h2-3,7H,4-6H2,1H3,(H,9,10)/b3-2+. The Morgan fingerprint density at radius 1 is 1.82 bits per heavy atom. The molecule has 0 aromatic carbocycles. The molecule has 1 aliphatic heterocycles. The second kappa shape index (κ2) is 4.13. The number of ether oxygens (including phenoxy) is 1. The topological polar surface area (TPSA) is 38.3 Å². The highest BCUT2D eigenvalue weighted by Gasteiger charge is 2.25. The lowest BCUT2D eigenvalue weighted by molar-refractivity contribution is -0.144. The quantitative estimate of drug-likeness (QED) is 0.601. The van der Waals surface area contributed by atoms with E-state index in [9.17, 15) is 4.79 Å². The summed E-state index contributed by atoms with van der Waals surface area (Å²) in [6, 6.07) is 0. The van der Waals surface area contributed by atoms with Crippen molar-refractivity contribution >= 4 is 5.91 Å². The maximum atomic E-state index is 11.0. The van der Waals surface area contributed by atoms with Gasteiger partial charge in [0.15, 0.2) is 0 Å². The van der Waals surface area contributed by atoms with Gasteiger partial charge in [-0.15, -0.1) is 0 Å². The van der Waals surface area contributed by atoms with Crippen molar-refractivity contribution in [3.8, 4) is 0 Å². The molecule has 11 heavy (non-hydrogen) atoms. The smallest absolute Gasteiger partial charge is 0.249 e. The van der Waals surface area contributed by atoms with Crippen molar-refractivity contribution in [1.82, 2.24) is 5.32 Å². The minimum Gasteiger partial charge on any atom is -0.368 e. The maximum Gasteiger partial charge on any atom is 0.249 e. The van der Waals surface area contributed by atoms with Crippen LogP contribution in [0.2, 0.25) is 0 Å². The zero-order valence-corrected chi connectivity index (χ0v) is 6.67. The monoisotopic (exact) mass is 155 g/mol. The largest absolute Gasteiger partial charge is 0.368 e. The van der Waals surface area contributed by atoms with Gasteiger partial charge >= 0.3 is 0 Å². The SMILES string of the molecule is C/C=C/CNC(=O)C1CCO1. The summed E-state index contributed by atoms with van der Waals surface area (Å²) in [6.45, 7) is 3.25. The summed E-state index contributed by atoms with van der Waals surface area (Å²) in [4.78, 5) is 11.0. The number of nitrogens with one attached hydrogen (secondary N) is 1. The van der Waals surface area contributed by atoms with E-state index in [2.05, 4.69) is 5.32 Å². The summed E-state index contributed by atoms with van der Waals surface area (Å²) < 4.78 is 4.99. The summed E-state index contributed by atoms with van der Waals surface area (Å²) >= 11 is 0. The number of hydrogen-bond acceptors (Lipinski definition) is 2. The predicted molar refractivity (Wildman–Crippen MR) is 42.2 cm³/mol. The molecule has 1 N–H and O–H groups in total. The third-order valence-corrected chi connectivity index (χ3v) is 1.62. The normalized spacial score (nSPS) is 23.2. The molecule has 1 saturated heterocycles. The average Bonchev–Trinajstić information content (AvgIpc) is 1.84. The number of hydrogen-bond donors (Lipinski definition) is 1. The molecule has 1 atom stereocenters. The fourth-order valence-electron chi connectivity index (χ4n) is 0.834. The van der Waals surface area contributed by atoms with E-state index >= 15 is 0 Å². The van der Waals surface area contributed by atoms with Gasteiger partial charge in [0.2, 0.25) is 5.91 Å². The van der Waals surface area contributed by atoms with Crippen LogP contribution in [0.1, 0.15) is 13.3 Å². The Labute approximate surface area is 66.4 Å². The van der Waals surface area contributed by atoms with E-state index in [4.69, 9.17) is 4.74 Å². The lowest BCUT2D eigenvalue weighted by atomic mass is 10.2. The van der Waals surface area contributed by atoms with E-state index in [-0.39, 0.29) is 12.0 Å². The summed E-state index contributed by atoms with van der Waals surface area (Å²) in [7, 11) is 0. The molecule has 1 unspecified atom stereocenters. The summed E-state index contributed by atoms with van der Waals surface area (Å²) in [5, 5.41) is 2.73. The first kappa shape index (κ1) is 8.27. The van der Waals surface area contributed by atoms with Crippen LogP contribution in [0.3, 0.4) is 0 Å². The molecular weight excluding hydrogens is 142 g/mol. The molecule has 1 rings (SSSR count). The lowest BCUT2D eigenvalue weighted by Crippen LogP contribution is -2.42. The molecule has 0 aliphatic carbocycles.